The second-order valence-corrected chi connectivity index (χ2v) is 5.31. The Kier molecular flexibility index (Phi) is 3.37. The summed E-state index contributed by atoms with van der Waals surface area (Å²) in [6, 6.07) is 0. The third-order valence-electron chi connectivity index (χ3n) is 3.22. The highest BCUT2D eigenvalue weighted by molar-refractivity contribution is 7.17. The molecule has 11 heavy (non-hydrogen) atoms. The van der Waals surface area contributed by atoms with E-state index in [1.807, 2.05) is 0 Å². The van der Waals surface area contributed by atoms with Gasteiger partial charge in [-0.05, 0) is 42.7 Å². The van der Waals surface area contributed by atoms with Crippen LogP contribution in [0.15, 0.2) is 0 Å². The summed E-state index contributed by atoms with van der Waals surface area (Å²) >= 11 is 0. The first kappa shape index (κ1) is 9.52. The predicted octanol–water partition coefficient (Wildman–Crippen LogP) is 3.32. The lowest BCUT2D eigenvalue weighted by molar-refractivity contribution is 0.232. The number of hydrogen-bond donors (Lipinski definition) is 0. The molecular formula is C10H21P. The Hall–Kier alpha value is 0.430. The fourth-order valence-electron chi connectivity index (χ4n) is 2.07. The summed E-state index contributed by atoms with van der Waals surface area (Å²) in [5.41, 5.74) is 0.894. The smallest absolute Gasteiger partial charge is 0.0238 e. The van der Waals surface area contributed by atoms with E-state index in [1.165, 1.54) is 19.3 Å². The van der Waals surface area contributed by atoms with Crippen LogP contribution < -0.4 is 0 Å². The van der Waals surface area contributed by atoms with Gasteiger partial charge in [-0.2, -0.15) is 0 Å². The minimum absolute atomic E-state index is 0.894. The molecule has 1 heteroatoms. The molecule has 0 saturated heterocycles. The molecule has 0 nitrogen and oxygen atoms in total. The van der Waals surface area contributed by atoms with E-state index in [1.54, 1.807) is 0 Å². The molecule has 0 aromatic carbocycles. The van der Waals surface area contributed by atoms with Gasteiger partial charge in [-0.25, -0.2) is 0 Å². The largest absolute Gasteiger partial charge is 0.134 e. The van der Waals surface area contributed by atoms with Crippen molar-refractivity contribution < 1.29 is 0 Å². The van der Waals surface area contributed by atoms with Gasteiger partial charge in [0.15, 0.2) is 0 Å². The maximum Gasteiger partial charge on any atom is -0.0238 e. The van der Waals surface area contributed by atoms with E-state index in [-0.39, 0.29) is 0 Å². The van der Waals surface area contributed by atoms with Gasteiger partial charge in [-0.15, -0.1) is 9.24 Å². The first-order valence-corrected chi connectivity index (χ1v) is 5.53. The summed E-state index contributed by atoms with van der Waals surface area (Å²) in [6.45, 7) is 7.12. The molecule has 4 atom stereocenters. The standard InChI is InChI=1S/C10H21P/c1-7(2)9-4-5-10(11)8(3)6-9/h7-10H,4-6,11H2,1-3H3. The van der Waals surface area contributed by atoms with E-state index in [4.69, 9.17) is 0 Å². The molecule has 1 aliphatic carbocycles. The van der Waals surface area contributed by atoms with Crippen LogP contribution in [0.4, 0.5) is 0 Å². The first-order valence-electron chi connectivity index (χ1n) is 4.87. The molecule has 1 aliphatic rings. The Morgan fingerprint density at radius 1 is 1.27 bits per heavy atom. The van der Waals surface area contributed by atoms with Gasteiger partial charge in [0.05, 0.1) is 0 Å². The molecule has 0 radical (unpaired) electrons. The molecule has 0 N–H and O–H groups in total. The van der Waals surface area contributed by atoms with Crippen molar-refractivity contribution in [2.45, 2.75) is 45.7 Å². The van der Waals surface area contributed by atoms with Crippen LogP contribution in [0.3, 0.4) is 0 Å². The van der Waals surface area contributed by atoms with E-state index >= 15 is 0 Å². The molecule has 0 amide bonds. The highest BCUT2D eigenvalue weighted by Gasteiger charge is 2.25. The molecule has 0 aromatic heterocycles. The van der Waals surface area contributed by atoms with Crippen LogP contribution in [-0.2, 0) is 0 Å². The minimum Gasteiger partial charge on any atom is -0.134 e. The van der Waals surface area contributed by atoms with Crippen molar-refractivity contribution in [1.29, 1.82) is 0 Å². The first-order chi connectivity index (χ1) is 5.11. The lowest BCUT2D eigenvalue weighted by Gasteiger charge is -2.34. The van der Waals surface area contributed by atoms with Crippen molar-refractivity contribution >= 4 is 9.24 Å². The van der Waals surface area contributed by atoms with Gasteiger partial charge in [0.25, 0.3) is 0 Å². The maximum atomic E-state index is 2.99. The van der Waals surface area contributed by atoms with Crippen LogP contribution >= 0.6 is 9.24 Å². The van der Waals surface area contributed by atoms with Crippen molar-refractivity contribution in [2.24, 2.45) is 17.8 Å². The van der Waals surface area contributed by atoms with E-state index in [2.05, 4.69) is 30.0 Å². The summed E-state index contributed by atoms with van der Waals surface area (Å²) in [7, 11) is 2.99. The zero-order chi connectivity index (χ0) is 8.43. The van der Waals surface area contributed by atoms with Crippen LogP contribution in [-0.4, -0.2) is 5.66 Å². The van der Waals surface area contributed by atoms with Gasteiger partial charge in [0.1, 0.15) is 0 Å². The van der Waals surface area contributed by atoms with Crippen molar-refractivity contribution in [3.8, 4) is 0 Å². The summed E-state index contributed by atoms with van der Waals surface area (Å²) in [5, 5.41) is 0. The highest BCUT2D eigenvalue weighted by Crippen LogP contribution is 2.36. The second kappa shape index (κ2) is 3.90. The Labute approximate surface area is 73.3 Å². The van der Waals surface area contributed by atoms with Gasteiger partial charge in [-0.1, -0.05) is 20.8 Å². The van der Waals surface area contributed by atoms with Crippen LogP contribution in [0.1, 0.15) is 40.0 Å². The zero-order valence-corrected chi connectivity index (χ0v) is 9.16. The monoisotopic (exact) mass is 172 g/mol. The second-order valence-electron chi connectivity index (χ2n) is 4.46. The molecule has 0 spiro atoms. The highest BCUT2D eigenvalue weighted by atomic mass is 31.0. The zero-order valence-electron chi connectivity index (χ0n) is 8.01. The molecule has 1 saturated carbocycles. The van der Waals surface area contributed by atoms with E-state index < -0.39 is 0 Å². The Morgan fingerprint density at radius 2 is 1.91 bits per heavy atom. The molecule has 0 heterocycles. The topological polar surface area (TPSA) is 0 Å². The van der Waals surface area contributed by atoms with Crippen molar-refractivity contribution in [1.82, 2.24) is 0 Å². The summed E-state index contributed by atoms with van der Waals surface area (Å²) in [5.74, 6) is 2.83. The van der Waals surface area contributed by atoms with E-state index in [9.17, 15) is 0 Å². The SMILES string of the molecule is CC(C)C1CCC(P)C(C)C1. The van der Waals surface area contributed by atoms with Crippen LogP contribution in [0.2, 0.25) is 0 Å². The Bertz CT molecular complexity index is 120. The molecular weight excluding hydrogens is 151 g/mol. The average molecular weight is 172 g/mol. The third kappa shape index (κ3) is 2.44. The van der Waals surface area contributed by atoms with E-state index in [0.29, 0.717) is 0 Å². The Morgan fingerprint density at radius 3 is 2.36 bits per heavy atom. The molecule has 1 rings (SSSR count). The number of hydrogen-bond acceptors (Lipinski definition) is 0. The normalized spacial score (nSPS) is 39.5. The lowest BCUT2D eigenvalue weighted by atomic mass is 9.77. The molecule has 0 aliphatic heterocycles. The van der Waals surface area contributed by atoms with Gasteiger partial charge >= 0.3 is 0 Å². The van der Waals surface area contributed by atoms with Crippen LogP contribution in [0.5, 0.6) is 0 Å². The van der Waals surface area contributed by atoms with E-state index in [0.717, 1.165) is 23.4 Å². The fourth-order valence-corrected chi connectivity index (χ4v) is 2.42. The van der Waals surface area contributed by atoms with Gasteiger partial charge in [-0.3, -0.25) is 0 Å². The van der Waals surface area contributed by atoms with Gasteiger partial charge in [0, 0.05) is 0 Å². The van der Waals surface area contributed by atoms with Gasteiger partial charge in [0.2, 0.25) is 0 Å². The summed E-state index contributed by atoms with van der Waals surface area (Å²) in [4.78, 5) is 0. The third-order valence-corrected chi connectivity index (χ3v) is 4.21. The Balaban J connectivity index is 2.40. The molecule has 0 aromatic rings. The molecule has 66 valence electrons. The molecule has 4 unspecified atom stereocenters. The van der Waals surface area contributed by atoms with Crippen molar-refractivity contribution in [3.05, 3.63) is 0 Å². The minimum atomic E-state index is 0.894. The lowest BCUT2D eigenvalue weighted by Crippen LogP contribution is -2.25. The molecule has 1 fully saturated rings. The quantitative estimate of drug-likeness (QED) is 0.532. The maximum absolute atomic E-state index is 2.99. The average Bonchev–Trinajstić information content (AvgIpc) is 1.94. The van der Waals surface area contributed by atoms with Crippen LogP contribution in [0, 0.1) is 17.8 Å². The summed E-state index contributed by atoms with van der Waals surface area (Å²) in [6.07, 6.45) is 4.33. The van der Waals surface area contributed by atoms with Crippen LogP contribution in [0.25, 0.3) is 0 Å². The summed E-state index contributed by atoms with van der Waals surface area (Å²) < 4.78 is 0. The molecule has 0 bridgehead atoms. The van der Waals surface area contributed by atoms with Crippen molar-refractivity contribution in [3.63, 3.8) is 0 Å². The van der Waals surface area contributed by atoms with Gasteiger partial charge < -0.3 is 0 Å². The van der Waals surface area contributed by atoms with Crippen molar-refractivity contribution in [2.75, 3.05) is 0 Å². The predicted molar refractivity (Wildman–Crippen MR) is 54.8 cm³/mol. The number of rotatable bonds is 1. The fraction of sp³-hybridized carbons (Fsp3) is 1.00.